The van der Waals surface area contributed by atoms with Gasteiger partial charge in [0.2, 0.25) is 0 Å². The Morgan fingerprint density at radius 2 is 1.04 bits per heavy atom. The van der Waals surface area contributed by atoms with Gasteiger partial charge in [-0.15, -0.1) is 11.3 Å². The quantitative estimate of drug-likeness (QED) is 0.195. The summed E-state index contributed by atoms with van der Waals surface area (Å²) in [6.45, 7) is 0. The Morgan fingerprint density at radius 1 is 0.404 bits per heavy atom. The third kappa shape index (κ3) is 4.25. The third-order valence-corrected chi connectivity index (χ3v) is 10.5. The van der Waals surface area contributed by atoms with Crippen LogP contribution in [0.3, 0.4) is 0 Å². The summed E-state index contributed by atoms with van der Waals surface area (Å²) in [5.41, 5.74) is 7.65. The van der Waals surface area contributed by atoms with Crippen molar-refractivity contribution in [3.05, 3.63) is 164 Å². The average molecular weight is 618 g/mol. The van der Waals surface area contributed by atoms with Crippen LogP contribution in [-0.4, -0.2) is 0 Å². The molecule has 0 unspecified atom stereocenters. The number of hydrogen-bond donors (Lipinski definition) is 0. The van der Waals surface area contributed by atoms with Gasteiger partial charge in [-0.2, -0.15) is 0 Å². The van der Waals surface area contributed by atoms with Crippen LogP contribution < -0.4 is 4.90 Å². The molecule has 0 aliphatic carbocycles. The van der Waals surface area contributed by atoms with Gasteiger partial charge in [0.15, 0.2) is 0 Å². The number of fused-ring (bicyclic) bond motifs is 9. The maximum absolute atomic E-state index is 6.68. The fourth-order valence-electron chi connectivity index (χ4n) is 7.10. The summed E-state index contributed by atoms with van der Waals surface area (Å²) in [5.74, 6) is 0. The molecule has 0 fully saturated rings. The van der Waals surface area contributed by atoms with Crippen LogP contribution in [0.5, 0.6) is 0 Å². The zero-order chi connectivity index (χ0) is 30.9. The molecule has 0 N–H and O–H groups in total. The van der Waals surface area contributed by atoms with Gasteiger partial charge in [0, 0.05) is 48.0 Å². The molecular formula is C44H27NOS. The first kappa shape index (κ1) is 26.3. The minimum absolute atomic E-state index is 0.930. The average Bonchev–Trinajstić information content (AvgIpc) is 3.68. The van der Waals surface area contributed by atoms with E-state index in [1.807, 2.05) is 11.3 Å². The molecule has 0 aliphatic heterocycles. The van der Waals surface area contributed by atoms with E-state index in [1.54, 1.807) is 0 Å². The van der Waals surface area contributed by atoms with Crippen molar-refractivity contribution < 1.29 is 4.42 Å². The minimum atomic E-state index is 0.930. The van der Waals surface area contributed by atoms with Crippen LogP contribution >= 0.6 is 11.3 Å². The topological polar surface area (TPSA) is 16.4 Å². The van der Waals surface area contributed by atoms with Crippen molar-refractivity contribution in [1.82, 2.24) is 0 Å². The lowest BCUT2D eigenvalue weighted by molar-refractivity contribution is 0.673. The number of nitrogens with zero attached hydrogens (tertiary/aromatic N) is 1. The zero-order valence-corrected chi connectivity index (χ0v) is 26.2. The zero-order valence-electron chi connectivity index (χ0n) is 25.4. The summed E-state index contributed by atoms with van der Waals surface area (Å²) in [6, 6.07) is 59.0. The van der Waals surface area contributed by atoms with E-state index < -0.39 is 0 Å². The monoisotopic (exact) mass is 617 g/mol. The van der Waals surface area contributed by atoms with Crippen molar-refractivity contribution in [2.45, 2.75) is 0 Å². The Labute approximate surface area is 275 Å². The van der Waals surface area contributed by atoms with E-state index in [0.29, 0.717) is 0 Å². The summed E-state index contributed by atoms with van der Waals surface area (Å²) in [5, 5.41) is 9.65. The molecule has 0 amide bonds. The molecular weight excluding hydrogens is 591 g/mol. The van der Waals surface area contributed by atoms with Gasteiger partial charge in [0.25, 0.3) is 0 Å². The largest absolute Gasteiger partial charge is 0.455 e. The van der Waals surface area contributed by atoms with E-state index in [4.69, 9.17) is 4.42 Å². The first-order chi connectivity index (χ1) is 23.3. The first-order valence-corrected chi connectivity index (χ1v) is 16.7. The standard InChI is InChI=1S/C44H27NOS/c1-2-12-34(13-3-1)45(35-18-16-29(17-19-35)33-15-14-28-8-4-5-9-30(28)24-33)36-20-22-41-39(27-36)43-42(47-41)23-21-37-38-25-31-10-6-7-11-32(31)26-40(38)46-44(37)43/h1-27H. The lowest BCUT2D eigenvalue weighted by Gasteiger charge is -2.26. The van der Waals surface area contributed by atoms with Crippen molar-refractivity contribution in [2.75, 3.05) is 4.90 Å². The van der Waals surface area contributed by atoms with Crippen LogP contribution in [0.2, 0.25) is 0 Å². The second kappa shape index (κ2) is 10.3. The summed E-state index contributed by atoms with van der Waals surface area (Å²) >= 11 is 1.82. The number of hydrogen-bond acceptors (Lipinski definition) is 3. The summed E-state index contributed by atoms with van der Waals surface area (Å²) in [4.78, 5) is 2.35. The van der Waals surface area contributed by atoms with Crippen molar-refractivity contribution in [3.8, 4) is 11.1 Å². The summed E-state index contributed by atoms with van der Waals surface area (Å²) in [6.07, 6.45) is 0. The van der Waals surface area contributed by atoms with Gasteiger partial charge < -0.3 is 9.32 Å². The number of benzene rings is 8. The minimum Gasteiger partial charge on any atom is -0.455 e. The van der Waals surface area contributed by atoms with E-state index in [9.17, 15) is 0 Å². The second-order valence-corrected chi connectivity index (χ2v) is 13.3. The van der Waals surface area contributed by atoms with Crippen molar-refractivity contribution >= 4 is 92.1 Å². The highest BCUT2D eigenvalue weighted by Gasteiger charge is 2.18. The van der Waals surface area contributed by atoms with Crippen LogP contribution in [0.25, 0.3) is 74.8 Å². The van der Waals surface area contributed by atoms with Gasteiger partial charge in [0.1, 0.15) is 11.2 Å². The summed E-state index contributed by atoms with van der Waals surface area (Å²) < 4.78 is 9.17. The van der Waals surface area contributed by atoms with E-state index in [-0.39, 0.29) is 0 Å². The number of furan rings is 1. The molecule has 220 valence electrons. The Balaban J connectivity index is 1.13. The Kier molecular flexibility index (Phi) is 5.78. The third-order valence-electron chi connectivity index (χ3n) is 9.40. The molecule has 47 heavy (non-hydrogen) atoms. The predicted octanol–water partition coefficient (Wildman–Crippen LogP) is 13.4. The molecule has 0 aliphatic rings. The number of thiophene rings is 1. The SMILES string of the molecule is c1ccc(N(c2ccc(-c3ccc4ccccc4c3)cc2)c2ccc3sc4ccc5c6cc7ccccc7cc6oc5c4c3c2)cc1. The Bertz CT molecular complexity index is 2790. The molecule has 0 bridgehead atoms. The molecule has 2 heterocycles. The molecule has 0 spiro atoms. The fraction of sp³-hybridized carbons (Fsp3) is 0. The maximum atomic E-state index is 6.68. The molecule has 2 aromatic heterocycles. The molecule has 10 rings (SSSR count). The van der Waals surface area contributed by atoms with Crippen LogP contribution in [-0.2, 0) is 0 Å². The molecule has 0 saturated carbocycles. The smallest absolute Gasteiger partial charge is 0.144 e. The summed E-state index contributed by atoms with van der Waals surface area (Å²) in [7, 11) is 0. The number of rotatable bonds is 4. The van der Waals surface area contributed by atoms with Crippen molar-refractivity contribution in [3.63, 3.8) is 0 Å². The highest BCUT2D eigenvalue weighted by Crippen LogP contribution is 2.45. The van der Waals surface area contributed by atoms with Gasteiger partial charge in [0.05, 0.1) is 0 Å². The lowest BCUT2D eigenvalue weighted by atomic mass is 10.0. The fourth-order valence-corrected chi connectivity index (χ4v) is 8.19. The number of para-hydroxylation sites is 1. The lowest BCUT2D eigenvalue weighted by Crippen LogP contribution is -2.09. The predicted molar refractivity (Wildman–Crippen MR) is 202 cm³/mol. The van der Waals surface area contributed by atoms with Gasteiger partial charge >= 0.3 is 0 Å². The molecule has 0 radical (unpaired) electrons. The first-order valence-electron chi connectivity index (χ1n) is 15.9. The van der Waals surface area contributed by atoms with Crippen LogP contribution in [0, 0.1) is 0 Å². The van der Waals surface area contributed by atoms with E-state index >= 15 is 0 Å². The maximum Gasteiger partial charge on any atom is 0.144 e. The van der Waals surface area contributed by atoms with Crippen molar-refractivity contribution in [2.24, 2.45) is 0 Å². The number of anilines is 3. The second-order valence-electron chi connectivity index (χ2n) is 12.2. The van der Waals surface area contributed by atoms with E-state index in [2.05, 4.69) is 169 Å². The van der Waals surface area contributed by atoms with Gasteiger partial charge in [-0.3, -0.25) is 0 Å². The Morgan fingerprint density at radius 3 is 1.85 bits per heavy atom. The Hall–Kier alpha value is -5.90. The molecule has 0 atom stereocenters. The molecule has 10 aromatic rings. The van der Waals surface area contributed by atoms with Gasteiger partial charge in [-0.05, 0) is 105 Å². The molecule has 8 aromatic carbocycles. The van der Waals surface area contributed by atoms with Gasteiger partial charge in [-0.25, -0.2) is 0 Å². The normalized spacial score (nSPS) is 11.8. The highest BCUT2D eigenvalue weighted by molar-refractivity contribution is 7.26. The van der Waals surface area contributed by atoms with Crippen LogP contribution in [0.1, 0.15) is 0 Å². The molecule has 2 nitrogen and oxygen atoms in total. The van der Waals surface area contributed by atoms with E-state index in [1.165, 1.54) is 52.8 Å². The van der Waals surface area contributed by atoms with Crippen LogP contribution in [0.15, 0.2) is 168 Å². The van der Waals surface area contributed by atoms with Crippen LogP contribution in [0.4, 0.5) is 17.1 Å². The van der Waals surface area contributed by atoms with Gasteiger partial charge in [-0.1, -0.05) is 91.0 Å². The van der Waals surface area contributed by atoms with E-state index in [0.717, 1.165) is 39.0 Å². The van der Waals surface area contributed by atoms with Crippen molar-refractivity contribution in [1.29, 1.82) is 0 Å². The molecule has 3 heteroatoms. The molecule has 0 saturated heterocycles. The highest BCUT2D eigenvalue weighted by atomic mass is 32.1.